The zero-order valence-corrected chi connectivity index (χ0v) is 20.1. The van der Waals surface area contributed by atoms with Crippen molar-refractivity contribution in [3.63, 3.8) is 0 Å². The number of nitrogens with one attached hydrogen (secondary N) is 2. The van der Waals surface area contributed by atoms with Gasteiger partial charge >= 0.3 is 5.97 Å². The molecule has 5 rings (SSSR count). The van der Waals surface area contributed by atoms with E-state index >= 15 is 0 Å². The molecule has 4 heterocycles. The van der Waals surface area contributed by atoms with Crippen molar-refractivity contribution in [3.05, 3.63) is 59.9 Å². The Morgan fingerprint density at radius 1 is 1.19 bits per heavy atom. The highest BCUT2D eigenvalue weighted by atomic mass is 32.2. The number of amides is 3. The number of rotatable bonds is 6. The maximum atomic E-state index is 13.4. The van der Waals surface area contributed by atoms with Crippen LogP contribution in [-0.2, 0) is 14.4 Å². The van der Waals surface area contributed by atoms with Crippen LogP contribution in [-0.4, -0.2) is 70.5 Å². The minimum atomic E-state index is -1.15. The normalized spacial score (nSPS) is 23.0. The SMILES string of the molecule is CC1(C)S[C@@H]2[C@H](NC(=O)C(NC(=O)c3cnc4ccnn4c3N)c3ccccc3)C(=O)N2[C@H]1C(=O)O. The molecular formula is C23H23N7O5S. The number of aliphatic carboxylic acids is 1. The monoisotopic (exact) mass is 509 g/mol. The van der Waals surface area contributed by atoms with Crippen LogP contribution in [0.2, 0.25) is 0 Å². The molecule has 2 aliphatic heterocycles. The highest BCUT2D eigenvalue weighted by Gasteiger charge is 2.64. The second-order valence-electron chi connectivity index (χ2n) is 9.06. The minimum absolute atomic E-state index is 0.0308. The van der Waals surface area contributed by atoms with Crippen LogP contribution in [0.1, 0.15) is 35.8 Å². The molecule has 36 heavy (non-hydrogen) atoms. The molecule has 0 bridgehead atoms. The minimum Gasteiger partial charge on any atom is -0.480 e. The lowest BCUT2D eigenvalue weighted by atomic mass is 9.95. The Labute approximate surface area is 209 Å². The predicted molar refractivity (Wildman–Crippen MR) is 130 cm³/mol. The number of hydrogen-bond donors (Lipinski definition) is 4. The lowest BCUT2D eigenvalue weighted by Gasteiger charge is -2.44. The molecule has 3 amide bonds. The van der Waals surface area contributed by atoms with Crippen LogP contribution in [0.4, 0.5) is 5.82 Å². The first-order valence-electron chi connectivity index (χ1n) is 11.1. The van der Waals surface area contributed by atoms with Crippen molar-refractivity contribution in [3.8, 4) is 0 Å². The summed E-state index contributed by atoms with van der Waals surface area (Å²) in [5, 5.41) is 18.5. The lowest BCUT2D eigenvalue weighted by Crippen LogP contribution is -2.71. The van der Waals surface area contributed by atoms with E-state index in [1.807, 2.05) is 0 Å². The molecule has 2 aromatic heterocycles. The number of benzene rings is 1. The highest BCUT2D eigenvalue weighted by molar-refractivity contribution is 8.01. The Kier molecular flexibility index (Phi) is 5.58. The average molecular weight is 510 g/mol. The van der Waals surface area contributed by atoms with Crippen LogP contribution in [0.15, 0.2) is 48.8 Å². The second-order valence-corrected chi connectivity index (χ2v) is 10.8. The summed E-state index contributed by atoms with van der Waals surface area (Å²) in [4.78, 5) is 56.6. The van der Waals surface area contributed by atoms with E-state index in [4.69, 9.17) is 5.73 Å². The third kappa shape index (κ3) is 3.71. The Balaban J connectivity index is 1.38. The van der Waals surface area contributed by atoms with Crippen LogP contribution < -0.4 is 16.4 Å². The summed E-state index contributed by atoms with van der Waals surface area (Å²) >= 11 is 1.32. The maximum absolute atomic E-state index is 13.4. The molecule has 2 aliphatic rings. The molecule has 186 valence electrons. The molecule has 0 radical (unpaired) electrons. The Bertz CT molecular complexity index is 1390. The van der Waals surface area contributed by atoms with Gasteiger partial charge in [0.1, 0.15) is 29.3 Å². The van der Waals surface area contributed by atoms with Crippen LogP contribution in [0.3, 0.4) is 0 Å². The number of carbonyl (C=O) groups excluding carboxylic acids is 3. The number of nitrogens with two attached hydrogens (primary N) is 1. The molecule has 2 fully saturated rings. The van der Waals surface area contributed by atoms with Gasteiger partial charge in [-0.2, -0.15) is 9.61 Å². The molecule has 0 aliphatic carbocycles. The summed E-state index contributed by atoms with van der Waals surface area (Å²) in [6, 6.07) is 7.12. The number of carboxylic acids is 1. The van der Waals surface area contributed by atoms with E-state index in [9.17, 15) is 24.3 Å². The molecule has 13 heteroatoms. The highest BCUT2D eigenvalue weighted by Crippen LogP contribution is 2.50. The molecule has 4 atom stereocenters. The zero-order valence-electron chi connectivity index (χ0n) is 19.3. The number of β-lactam (4-membered cyclic amide) rings is 1. The molecule has 0 spiro atoms. The van der Waals surface area contributed by atoms with Gasteiger partial charge in [0, 0.05) is 17.0 Å². The third-order valence-electron chi connectivity index (χ3n) is 6.34. The van der Waals surface area contributed by atoms with Gasteiger partial charge < -0.3 is 26.4 Å². The Morgan fingerprint density at radius 2 is 1.92 bits per heavy atom. The van der Waals surface area contributed by atoms with Crippen molar-refractivity contribution in [1.82, 2.24) is 30.1 Å². The summed E-state index contributed by atoms with van der Waals surface area (Å²) in [6.07, 6.45) is 2.80. The van der Waals surface area contributed by atoms with E-state index < -0.39 is 51.9 Å². The Hall–Kier alpha value is -4.13. The smallest absolute Gasteiger partial charge is 0.327 e. The summed E-state index contributed by atoms with van der Waals surface area (Å²) in [6.45, 7) is 3.51. The fourth-order valence-electron chi connectivity index (χ4n) is 4.60. The van der Waals surface area contributed by atoms with Gasteiger partial charge in [-0.25, -0.2) is 9.78 Å². The van der Waals surface area contributed by atoms with E-state index in [0.717, 1.165) is 0 Å². The van der Waals surface area contributed by atoms with E-state index in [-0.39, 0.29) is 11.4 Å². The summed E-state index contributed by atoms with van der Waals surface area (Å²) in [5.74, 6) is -2.78. The van der Waals surface area contributed by atoms with Gasteiger partial charge in [-0.15, -0.1) is 11.8 Å². The zero-order chi connectivity index (χ0) is 25.8. The van der Waals surface area contributed by atoms with Gasteiger partial charge in [0.15, 0.2) is 5.65 Å². The van der Waals surface area contributed by atoms with Crippen molar-refractivity contribution in [1.29, 1.82) is 0 Å². The number of carboxylic acid groups (broad SMARTS) is 1. The number of anilines is 1. The van der Waals surface area contributed by atoms with Gasteiger partial charge in [0.2, 0.25) is 11.8 Å². The number of fused-ring (bicyclic) bond motifs is 2. The van der Waals surface area contributed by atoms with Gasteiger partial charge in [-0.05, 0) is 19.4 Å². The topological polar surface area (TPSA) is 172 Å². The van der Waals surface area contributed by atoms with E-state index in [1.54, 1.807) is 50.2 Å². The molecule has 3 aromatic rings. The fraction of sp³-hybridized carbons (Fsp3) is 0.304. The molecule has 1 unspecified atom stereocenters. The first-order chi connectivity index (χ1) is 17.1. The van der Waals surface area contributed by atoms with Gasteiger partial charge in [0.05, 0.1) is 11.8 Å². The number of hydrogen-bond acceptors (Lipinski definition) is 8. The number of carbonyl (C=O) groups is 4. The van der Waals surface area contributed by atoms with E-state index in [1.165, 1.54) is 33.6 Å². The predicted octanol–water partition coefficient (Wildman–Crippen LogP) is 0.414. The van der Waals surface area contributed by atoms with E-state index in [2.05, 4.69) is 20.7 Å². The van der Waals surface area contributed by atoms with Gasteiger partial charge in [0.25, 0.3) is 5.91 Å². The third-order valence-corrected chi connectivity index (χ3v) is 7.91. The average Bonchev–Trinajstić information content (AvgIpc) is 3.42. The number of nitrogens with zero attached hydrogens (tertiary/aromatic N) is 4. The molecule has 1 aromatic carbocycles. The number of nitrogen functional groups attached to an aromatic ring is 1. The van der Waals surface area contributed by atoms with E-state index in [0.29, 0.717) is 11.2 Å². The standard InChI is InChI=1S/C23H23N7O5S/c1-23(2)16(22(34)35)29-20(33)15(21(29)36-23)28-19(32)14(11-6-4-3-5-7-11)27-18(31)12-10-25-13-8-9-26-30(13)17(12)24/h3-10,14-16,21H,24H2,1-2H3,(H,27,31)(H,28,32)(H,34,35)/t14?,15-,16+,21-/m1/s1. The van der Waals surface area contributed by atoms with Crippen molar-refractivity contribution < 1.29 is 24.3 Å². The van der Waals surface area contributed by atoms with Crippen LogP contribution in [0, 0.1) is 0 Å². The second kappa shape index (κ2) is 8.52. The summed E-state index contributed by atoms with van der Waals surface area (Å²) in [5.41, 5.74) is 7.09. The van der Waals surface area contributed by atoms with Crippen molar-refractivity contribution >= 4 is 46.9 Å². The quantitative estimate of drug-likeness (QED) is 0.344. The van der Waals surface area contributed by atoms with Gasteiger partial charge in [-0.3, -0.25) is 14.4 Å². The molecule has 0 saturated carbocycles. The van der Waals surface area contributed by atoms with Crippen molar-refractivity contribution in [2.75, 3.05) is 5.73 Å². The molecule has 2 saturated heterocycles. The first-order valence-corrected chi connectivity index (χ1v) is 12.0. The fourth-order valence-corrected chi connectivity index (χ4v) is 6.23. The van der Waals surface area contributed by atoms with Crippen molar-refractivity contribution in [2.24, 2.45) is 0 Å². The first kappa shape index (κ1) is 23.6. The number of thioether (sulfide) groups is 1. The van der Waals surface area contributed by atoms with Crippen LogP contribution in [0.5, 0.6) is 0 Å². The van der Waals surface area contributed by atoms with Crippen LogP contribution in [0.25, 0.3) is 5.65 Å². The largest absolute Gasteiger partial charge is 0.480 e. The van der Waals surface area contributed by atoms with Crippen molar-refractivity contribution in [2.45, 2.75) is 42.1 Å². The molecule has 5 N–H and O–H groups in total. The Morgan fingerprint density at radius 3 is 2.61 bits per heavy atom. The molecular weight excluding hydrogens is 486 g/mol. The lowest BCUT2D eigenvalue weighted by molar-refractivity contribution is -0.161. The number of aromatic nitrogens is 3. The maximum Gasteiger partial charge on any atom is 0.327 e. The summed E-state index contributed by atoms with van der Waals surface area (Å²) < 4.78 is 0.584. The van der Waals surface area contributed by atoms with Gasteiger partial charge in [-0.1, -0.05) is 30.3 Å². The summed E-state index contributed by atoms with van der Waals surface area (Å²) in [7, 11) is 0. The molecule has 12 nitrogen and oxygen atoms in total. The van der Waals surface area contributed by atoms with Crippen LogP contribution >= 0.6 is 11.8 Å².